The van der Waals surface area contributed by atoms with E-state index in [-0.39, 0.29) is 11.4 Å². The fourth-order valence-corrected chi connectivity index (χ4v) is 4.86. The molecular weight excluding hydrogens is 500 g/mol. The van der Waals surface area contributed by atoms with Gasteiger partial charge in [0.05, 0.1) is 17.7 Å². The Morgan fingerprint density at radius 3 is 2.45 bits per heavy atom. The number of rotatable bonds is 8. The number of benzene rings is 4. The van der Waals surface area contributed by atoms with Crippen LogP contribution in [0.1, 0.15) is 11.1 Å². The van der Waals surface area contributed by atoms with Crippen LogP contribution in [0.25, 0.3) is 16.8 Å². The van der Waals surface area contributed by atoms with Crippen LogP contribution in [0.3, 0.4) is 0 Å². The largest absolute Gasteiger partial charge is 0.495 e. The molecule has 0 radical (unpaired) electrons. The highest BCUT2D eigenvalue weighted by atomic mass is 32.2. The van der Waals surface area contributed by atoms with Gasteiger partial charge in [-0.3, -0.25) is 19.3 Å². The summed E-state index contributed by atoms with van der Waals surface area (Å²) in [6.45, 7) is 0.0432. The smallest absolute Gasteiger partial charge is 0.294 e. The van der Waals surface area contributed by atoms with Crippen molar-refractivity contribution in [3.63, 3.8) is 0 Å². The Bertz CT molecular complexity index is 1550. The predicted octanol–water partition coefficient (Wildman–Crippen LogP) is 6.10. The molecular formula is C30H24N2O5S. The summed E-state index contributed by atoms with van der Waals surface area (Å²) in [5.74, 6) is 0.175. The third kappa shape index (κ3) is 5.71. The van der Waals surface area contributed by atoms with E-state index in [1.165, 1.54) is 12.5 Å². The molecule has 4 aromatic rings. The highest BCUT2D eigenvalue weighted by molar-refractivity contribution is 8.18. The van der Waals surface area contributed by atoms with Crippen molar-refractivity contribution in [2.24, 2.45) is 0 Å². The lowest BCUT2D eigenvalue weighted by atomic mass is 10.1. The second-order valence-electron chi connectivity index (χ2n) is 8.56. The summed E-state index contributed by atoms with van der Waals surface area (Å²) in [6.07, 6.45) is 1.64. The Labute approximate surface area is 224 Å². The van der Waals surface area contributed by atoms with Gasteiger partial charge in [-0.2, -0.15) is 0 Å². The second kappa shape index (κ2) is 11.2. The number of nitrogens with one attached hydrogen (secondary N) is 1. The van der Waals surface area contributed by atoms with Crippen LogP contribution in [0.4, 0.5) is 10.5 Å². The molecule has 38 heavy (non-hydrogen) atoms. The second-order valence-corrected chi connectivity index (χ2v) is 9.55. The molecule has 0 bridgehead atoms. The normalized spacial score (nSPS) is 14.2. The third-order valence-corrected chi connectivity index (χ3v) is 6.86. The minimum absolute atomic E-state index is 0.255. The average Bonchev–Trinajstić information content (AvgIpc) is 3.20. The maximum absolute atomic E-state index is 12.8. The summed E-state index contributed by atoms with van der Waals surface area (Å²) in [6, 6.07) is 28.6. The fraction of sp³-hybridized carbons (Fsp3) is 0.100. The molecule has 7 nitrogen and oxygen atoms in total. The van der Waals surface area contributed by atoms with E-state index in [9.17, 15) is 14.4 Å². The zero-order chi connectivity index (χ0) is 26.5. The summed E-state index contributed by atoms with van der Waals surface area (Å²) < 4.78 is 11.1. The van der Waals surface area contributed by atoms with E-state index in [2.05, 4.69) is 29.6 Å². The maximum atomic E-state index is 12.8. The number of hydrogen-bond acceptors (Lipinski definition) is 6. The van der Waals surface area contributed by atoms with Gasteiger partial charge in [0.15, 0.2) is 0 Å². The van der Waals surface area contributed by atoms with Crippen molar-refractivity contribution >= 4 is 51.4 Å². The molecule has 0 spiro atoms. The lowest BCUT2D eigenvalue weighted by molar-refractivity contribution is -0.127. The first-order valence-corrected chi connectivity index (χ1v) is 12.7. The Morgan fingerprint density at radius 1 is 0.921 bits per heavy atom. The quantitative estimate of drug-likeness (QED) is 0.280. The summed E-state index contributed by atoms with van der Waals surface area (Å²) >= 11 is 0.808. The number of nitrogens with zero attached hydrogens (tertiary/aromatic N) is 1. The molecule has 1 heterocycles. The molecule has 5 rings (SSSR count). The highest BCUT2D eigenvalue weighted by Gasteiger charge is 2.36. The Kier molecular flexibility index (Phi) is 7.42. The number of amides is 3. The number of anilines is 1. The monoisotopic (exact) mass is 524 g/mol. The third-order valence-electron chi connectivity index (χ3n) is 5.95. The molecule has 1 N–H and O–H groups in total. The van der Waals surface area contributed by atoms with Crippen molar-refractivity contribution in [2.75, 3.05) is 19.0 Å². The van der Waals surface area contributed by atoms with Crippen molar-refractivity contribution < 1.29 is 23.9 Å². The molecule has 190 valence electrons. The van der Waals surface area contributed by atoms with Crippen molar-refractivity contribution in [3.05, 3.63) is 107 Å². The number of para-hydroxylation sites is 2. The SMILES string of the molecule is COc1ccccc1NC(=O)CN1C(=O)S/C(=C\c2ccc(OCc3ccc4ccccc4c3)cc2)C1=O. The van der Waals surface area contributed by atoms with Crippen LogP contribution in [0, 0.1) is 0 Å². The lowest BCUT2D eigenvalue weighted by Crippen LogP contribution is -2.36. The van der Waals surface area contributed by atoms with Crippen LogP contribution in [0.15, 0.2) is 95.9 Å². The lowest BCUT2D eigenvalue weighted by Gasteiger charge is -2.14. The number of hydrogen-bond donors (Lipinski definition) is 1. The van der Waals surface area contributed by atoms with Gasteiger partial charge in [-0.25, -0.2) is 0 Å². The summed E-state index contributed by atoms with van der Waals surface area (Å²) in [7, 11) is 1.50. The molecule has 0 aliphatic carbocycles. The molecule has 1 fully saturated rings. The summed E-state index contributed by atoms with van der Waals surface area (Å²) in [5, 5.41) is 4.53. The maximum Gasteiger partial charge on any atom is 0.294 e. The fourth-order valence-electron chi connectivity index (χ4n) is 4.02. The van der Waals surface area contributed by atoms with Crippen LogP contribution in [0.2, 0.25) is 0 Å². The summed E-state index contributed by atoms with van der Waals surface area (Å²) in [4.78, 5) is 39.0. The molecule has 0 atom stereocenters. The molecule has 1 aliphatic rings. The van der Waals surface area contributed by atoms with Gasteiger partial charge in [0.2, 0.25) is 5.91 Å². The van der Waals surface area contributed by atoms with Crippen molar-refractivity contribution in [1.29, 1.82) is 0 Å². The van der Waals surface area contributed by atoms with Gasteiger partial charge in [0.25, 0.3) is 11.1 Å². The minimum atomic E-state index is -0.508. The van der Waals surface area contributed by atoms with E-state index in [1.54, 1.807) is 30.3 Å². The molecule has 3 amide bonds. The molecule has 1 saturated heterocycles. The molecule has 0 saturated carbocycles. The zero-order valence-corrected chi connectivity index (χ0v) is 21.4. The van der Waals surface area contributed by atoms with E-state index in [1.807, 2.05) is 42.5 Å². The standard InChI is InChI=1S/C30H24N2O5S/c1-36-26-9-5-4-8-25(26)31-28(33)18-32-29(34)27(38-30(32)35)17-20-11-14-24(15-12-20)37-19-21-10-13-22-6-2-3-7-23(22)16-21/h2-17H,18-19H2,1H3,(H,31,33)/b27-17-. The number of carbonyl (C=O) groups excluding carboxylic acids is 3. The molecule has 4 aromatic carbocycles. The molecule has 0 unspecified atom stereocenters. The van der Waals surface area contributed by atoms with Crippen LogP contribution in [-0.4, -0.2) is 35.6 Å². The van der Waals surface area contributed by atoms with Crippen LogP contribution in [0.5, 0.6) is 11.5 Å². The van der Waals surface area contributed by atoms with Gasteiger partial charge in [0.1, 0.15) is 24.7 Å². The Hall–Kier alpha value is -4.56. The topological polar surface area (TPSA) is 84.9 Å². The number of methoxy groups -OCH3 is 1. The van der Waals surface area contributed by atoms with Gasteiger partial charge in [-0.1, -0.05) is 60.7 Å². The van der Waals surface area contributed by atoms with Crippen molar-refractivity contribution in [2.45, 2.75) is 6.61 Å². The number of ether oxygens (including phenoxy) is 2. The van der Waals surface area contributed by atoms with E-state index < -0.39 is 17.1 Å². The first-order chi connectivity index (χ1) is 18.5. The zero-order valence-electron chi connectivity index (χ0n) is 20.5. The van der Waals surface area contributed by atoms with E-state index in [4.69, 9.17) is 9.47 Å². The van der Waals surface area contributed by atoms with Crippen LogP contribution < -0.4 is 14.8 Å². The first kappa shape index (κ1) is 25.1. The van der Waals surface area contributed by atoms with Gasteiger partial charge in [0, 0.05) is 0 Å². The van der Waals surface area contributed by atoms with E-state index >= 15 is 0 Å². The Balaban J connectivity index is 1.19. The predicted molar refractivity (Wildman–Crippen MR) is 149 cm³/mol. The van der Waals surface area contributed by atoms with Gasteiger partial charge >= 0.3 is 0 Å². The van der Waals surface area contributed by atoms with Crippen LogP contribution in [-0.2, 0) is 16.2 Å². The average molecular weight is 525 g/mol. The van der Waals surface area contributed by atoms with Gasteiger partial charge < -0.3 is 14.8 Å². The first-order valence-electron chi connectivity index (χ1n) is 11.9. The van der Waals surface area contributed by atoms with E-state index in [0.29, 0.717) is 23.8 Å². The number of carbonyl (C=O) groups is 3. The number of fused-ring (bicyclic) bond motifs is 1. The van der Waals surface area contributed by atoms with E-state index in [0.717, 1.165) is 33.2 Å². The van der Waals surface area contributed by atoms with Crippen molar-refractivity contribution in [3.8, 4) is 11.5 Å². The molecule has 1 aliphatic heterocycles. The van der Waals surface area contributed by atoms with Crippen molar-refractivity contribution in [1.82, 2.24) is 4.90 Å². The molecule has 8 heteroatoms. The minimum Gasteiger partial charge on any atom is -0.495 e. The van der Waals surface area contributed by atoms with Gasteiger partial charge in [-0.05, 0) is 70.1 Å². The number of thioether (sulfide) groups is 1. The van der Waals surface area contributed by atoms with Crippen LogP contribution >= 0.6 is 11.8 Å². The molecule has 0 aromatic heterocycles. The Morgan fingerprint density at radius 2 is 1.66 bits per heavy atom. The number of imide groups is 1. The van der Waals surface area contributed by atoms with Gasteiger partial charge in [-0.15, -0.1) is 0 Å². The highest BCUT2D eigenvalue weighted by Crippen LogP contribution is 2.32. The summed E-state index contributed by atoms with van der Waals surface area (Å²) in [5.41, 5.74) is 2.27.